The quantitative estimate of drug-likeness (QED) is 0.102. The molecule has 0 saturated carbocycles. The molecule has 4 N–H and O–H groups in total. The summed E-state index contributed by atoms with van der Waals surface area (Å²) in [7, 11) is -4.62. The Morgan fingerprint density at radius 1 is 0.761 bits per heavy atom. The van der Waals surface area contributed by atoms with Crippen LogP contribution in [0.4, 0.5) is 5.69 Å². The van der Waals surface area contributed by atoms with Crippen LogP contribution in [0.25, 0.3) is 15.7 Å². The normalized spacial score (nSPS) is 11.4. The number of nitrogens with zero attached hydrogens (tertiary/aromatic N) is 2. The molecule has 0 aliphatic rings. The van der Waals surface area contributed by atoms with Crippen molar-refractivity contribution in [3.8, 4) is 34.5 Å². The van der Waals surface area contributed by atoms with E-state index in [9.17, 15) is 34.0 Å². The molecule has 5 rings (SSSR count). The highest BCUT2D eigenvalue weighted by Crippen LogP contribution is 2.42. The number of rotatable bonds is 9. The summed E-state index contributed by atoms with van der Waals surface area (Å²) in [5, 5.41) is 65.5. The van der Waals surface area contributed by atoms with Gasteiger partial charge in [-0.3, -0.25) is 0 Å². The Morgan fingerprint density at radius 2 is 1.43 bits per heavy atom. The van der Waals surface area contributed by atoms with Crippen molar-refractivity contribution in [2.24, 2.45) is 0 Å². The van der Waals surface area contributed by atoms with Crippen molar-refractivity contribution >= 4 is 26.6 Å². The van der Waals surface area contributed by atoms with Gasteiger partial charge >= 0.3 is 15.8 Å². The molecule has 0 aliphatic heterocycles. The zero-order valence-corrected chi connectivity index (χ0v) is 26.2. The monoisotopic (exact) mass is 640 g/mol. The number of benzene rings is 5. The van der Waals surface area contributed by atoms with Crippen LogP contribution < -0.4 is 9.29 Å². The summed E-state index contributed by atoms with van der Waals surface area (Å²) in [5.41, 5.74) is 3.02. The van der Waals surface area contributed by atoms with Gasteiger partial charge in [-0.1, -0.05) is 55.8 Å². The van der Waals surface area contributed by atoms with Crippen molar-refractivity contribution in [2.45, 2.75) is 51.3 Å². The van der Waals surface area contributed by atoms with Crippen LogP contribution in [0.2, 0.25) is 0 Å². The second-order valence-electron chi connectivity index (χ2n) is 11.0. The van der Waals surface area contributed by atoms with E-state index in [-0.39, 0.29) is 86.1 Å². The maximum absolute atomic E-state index is 13.8. The topological polar surface area (TPSA) is 175 Å². The molecule has 46 heavy (non-hydrogen) atoms. The first-order valence-electron chi connectivity index (χ1n) is 14.6. The van der Waals surface area contributed by atoms with Crippen molar-refractivity contribution in [1.29, 1.82) is 5.39 Å². The molecule has 0 amide bonds. The van der Waals surface area contributed by atoms with Crippen LogP contribution in [0.15, 0.2) is 71.6 Å². The fourth-order valence-corrected chi connectivity index (χ4v) is 6.93. The average Bonchev–Trinajstić information content (AvgIpc) is 3.03. The highest BCUT2D eigenvalue weighted by molar-refractivity contribution is 7.87. The van der Waals surface area contributed by atoms with Crippen molar-refractivity contribution in [2.75, 3.05) is 0 Å². The number of aromatic hydroxyl groups is 4. The Labute approximate surface area is 266 Å². The molecule has 0 aromatic heterocycles. The third-order valence-corrected chi connectivity index (χ3v) is 9.36. The molecule has 0 spiro atoms. The highest BCUT2D eigenvalue weighted by Gasteiger charge is 2.27. The summed E-state index contributed by atoms with van der Waals surface area (Å²) in [4.78, 5) is 2.63. The molecule has 0 bridgehead atoms. The molecule has 5 aromatic rings. The minimum atomic E-state index is -4.62. The maximum Gasteiger partial charge on any atom is 0.378 e. The lowest BCUT2D eigenvalue weighted by atomic mass is 9.93. The molecule has 0 heterocycles. The van der Waals surface area contributed by atoms with E-state index < -0.39 is 15.9 Å². The van der Waals surface area contributed by atoms with Gasteiger partial charge in [-0.05, 0) is 71.9 Å². The van der Waals surface area contributed by atoms with E-state index in [1.807, 2.05) is 26.0 Å². The minimum absolute atomic E-state index is 0.00388. The first-order chi connectivity index (χ1) is 21.9. The standard InChI is InChI=1S/C35H32N2O8S/c1-4-20-15-19(3)16-23(32(20)40)17-21-9-13-30(39)27(33(21)41)18-22-10-14-29(38)24(5-2)35(22)45-46(43,44)31-8-6-7-26-25(31)11-12-28(37-36)34(26)42/h6-16H,4-5,17-18H2,1-3H3,(H4-,38,39,40,41,42). The molecule has 0 fully saturated rings. The van der Waals surface area contributed by atoms with Gasteiger partial charge in [-0.15, -0.1) is 0 Å². The van der Waals surface area contributed by atoms with Gasteiger partial charge in [0.2, 0.25) is 5.39 Å². The summed E-state index contributed by atoms with van der Waals surface area (Å²) in [6, 6.07) is 16.1. The van der Waals surface area contributed by atoms with E-state index in [0.717, 1.165) is 11.1 Å². The summed E-state index contributed by atoms with van der Waals surface area (Å²) >= 11 is 0. The molecule has 236 valence electrons. The van der Waals surface area contributed by atoms with Gasteiger partial charge in [0.1, 0.15) is 27.9 Å². The van der Waals surface area contributed by atoms with Crippen LogP contribution in [0, 0.1) is 12.3 Å². The Balaban J connectivity index is 1.58. The number of hydrogen-bond donors (Lipinski definition) is 4. The van der Waals surface area contributed by atoms with Crippen LogP contribution in [-0.4, -0.2) is 28.8 Å². The van der Waals surface area contributed by atoms with E-state index in [4.69, 9.17) is 9.58 Å². The van der Waals surface area contributed by atoms with Gasteiger partial charge < -0.3 is 29.7 Å². The number of phenols is 4. The molecule has 10 nitrogen and oxygen atoms in total. The molecule has 0 saturated heterocycles. The lowest BCUT2D eigenvalue weighted by Gasteiger charge is -2.19. The smallest absolute Gasteiger partial charge is 0.378 e. The van der Waals surface area contributed by atoms with E-state index in [0.29, 0.717) is 17.5 Å². The van der Waals surface area contributed by atoms with Crippen molar-refractivity contribution in [1.82, 2.24) is 0 Å². The number of fused-ring (bicyclic) bond motifs is 1. The SMILES string of the molecule is CCc1cc(C)cc(Cc2ccc(O)c(Cc3ccc(O)c(CC)c3OS(=O)(=O)c3cccc4c([O-])c([N+]#N)ccc34)c2O)c1O. The Morgan fingerprint density at radius 3 is 2.11 bits per heavy atom. The summed E-state index contributed by atoms with van der Waals surface area (Å²) in [6.07, 6.45) is 0.791. The molecule has 5 aromatic carbocycles. The van der Waals surface area contributed by atoms with Crippen LogP contribution in [0.1, 0.15) is 52.8 Å². The first-order valence-corrected chi connectivity index (χ1v) is 16.0. The number of hydrogen-bond acceptors (Lipinski definition) is 9. The molecular formula is C35H32N2O8S. The molecule has 0 radical (unpaired) electrons. The van der Waals surface area contributed by atoms with E-state index >= 15 is 0 Å². The molecule has 0 unspecified atom stereocenters. The minimum Gasteiger partial charge on any atom is -0.867 e. The lowest BCUT2D eigenvalue weighted by Crippen LogP contribution is -2.13. The average molecular weight is 641 g/mol. The molecule has 11 heteroatoms. The van der Waals surface area contributed by atoms with Gasteiger partial charge in [0.25, 0.3) is 0 Å². The third-order valence-electron chi connectivity index (χ3n) is 8.07. The van der Waals surface area contributed by atoms with Crippen molar-refractivity contribution in [3.05, 3.63) is 111 Å². The zero-order valence-electron chi connectivity index (χ0n) is 25.4. The largest absolute Gasteiger partial charge is 0.867 e. The molecule has 0 atom stereocenters. The van der Waals surface area contributed by atoms with Crippen molar-refractivity contribution < 1.29 is 38.1 Å². The summed E-state index contributed by atoms with van der Waals surface area (Å²) in [6.45, 7) is 5.55. The van der Waals surface area contributed by atoms with Crippen molar-refractivity contribution in [3.63, 3.8) is 0 Å². The molecule has 0 aliphatic carbocycles. The second kappa shape index (κ2) is 12.5. The van der Waals surface area contributed by atoms with Crippen LogP contribution in [0.3, 0.4) is 0 Å². The summed E-state index contributed by atoms with van der Waals surface area (Å²) < 4.78 is 33.2. The number of aryl methyl sites for hydroxylation is 2. The van der Waals surface area contributed by atoms with E-state index in [1.165, 1.54) is 48.5 Å². The van der Waals surface area contributed by atoms with E-state index in [2.05, 4.69) is 4.98 Å². The fourth-order valence-electron chi connectivity index (χ4n) is 5.72. The Bertz CT molecular complexity index is 2150. The Hall–Kier alpha value is -5.47. The highest BCUT2D eigenvalue weighted by atomic mass is 32.2. The zero-order chi connectivity index (χ0) is 33.3. The predicted molar refractivity (Wildman–Crippen MR) is 171 cm³/mol. The van der Waals surface area contributed by atoms with Gasteiger partial charge in [0, 0.05) is 41.0 Å². The van der Waals surface area contributed by atoms with Crippen LogP contribution in [0.5, 0.6) is 34.5 Å². The predicted octanol–water partition coefficient (Wildman–Crippen LogP) is 6.60. The Kier molecular flexibility index (Phi) is 8.68. The van der Waals surface area contributed by atoms with Crippen LogP contribution >= 0.6 is 0 Å². The van der Waals surface area contributed by atoms with Gasteiger partial charge in [-0.2, -0.15) is 8.42 Å². The third kappa shape index (κ3) is 5.82. The van der Waals surface area contributed by atoms with Gasteiger partial charge in [-0.25, -0.2) is 0 Å². The first kappa shape index (κ1) is 31.9. The van der Waals surface area contributed by atoms with Gasteiger partial charge in [0.15, 0.2) is 10.7 Å². The second-order valence-corrected chi connectivity index (χ2v) is 12.5. The summed E-state index contributed by atoms with van der Waals surface area (Å²) in [5.74, 6) is -1.41. The lowest BCUT2D eigenvalue weighted by molar-refractivity contribution is -0.264. The van der Waals surface area contributed by atoms with Gasteiger partial charge in [0.05, 0.1) is 0 Å². The maximum atomic E-state index is 13.8. The molecular weight excluding hydrogens is 608 g/mol. The number of diazo groups is 1. The number of phenolic OH excluding ortho intramolecular Hbond substituents is 4. The van der Waals surface area contributed by atoms with Crippen LogP contribution in [-0.2, 0) is 35.8 Å². The fraction of sp³-hybridized carbons (Fsp3) is 0.200. The van der Waals surface area contributed by atoms with E-state index in [1.54, 1.807) is 13.0 Å².